The van der Waals surface area contributed by atoms with Gasteiger partial charge in [0.05, 0.1) is 5.41 Å². The summed E-state index contributed by atoms with van der Waals surface area (Å²) < 4.78 is 6.44. The maximum atomic E-state index is 6.44. The van der Waals surface area contributed by atoms with Gasteiger partial charge in [-0.3, -0.25) is 0 Å². The average molecular weight is 866 g/mol. The van der Waals surface area contributed by atoms with Crippen molar-refractivity contribution >= 4 is 21.9 Å². The van der Waals surface area contributed by atoms with Crippen LogP contribution in [-0.4, -0.2) is 15.0 Å². The summed E-state index contributed by atoms with van der Waals surface area (Å²) in [5.41, 5.74) is 20.3. The first-order valence-electron chi connectivity index (χ1n) is 23.2. The smallest absolute Gasteiger partial charge is 0.164 e. The van der Waals surface area contributed by atoms with Gasteiger partial charge in [0, 0.05) is 27.5 Å². The molecule has 0 fully saturated rings. The Morgan fingerprint density at radius 3 is 1.32 bits per heavy atom. The first kappa shape index (κ1) is 38.3. The van der Waals surface area contributed by atoms with E-state index >= 15 is 0 Å². The molecule has 2 heterocycles. The van der Waals surface area contributed by atoms with Crippen LogP contribution in [0.2, 0.25) is 0 Å². The standard InChI is InChI=1S/C64H39N3O/c1-3-18-40(19-4-1)43-36-44(41-20-5-2-6-21-41)38-45(37-43)62-65-61(66-63(67-62)53-28-17-33-59-60(53)52-27-12-16-32-58(52)68-59)42-34-35-51-47-23-8-7-22-46(47)48-24-9-13-29-54(48)64(57(51)39-42)55-30-14-10-25-49(55)50-26-11-15-31-56(50)64/h1-39H. The van der Waals surface area contributed by atoms with Crippen molar-refractivity contribution in [2.24, 2.45) is 0 Å². The highest BCUT2D eigenvalue weighted by molar-refractivity contribution is 6.12. The van der Waals surface area contributed by atoms with Crippen LogP contribution < -0.4 is 0 Å². The zero-order chi connectivity index (χ0) is 44.8. The molecule has 0 saturated carbocycles. The van der Waals surface area contributed by atoms with Gasteiger partial charge in [0.25, 0.3) is 0 Å². The van der Waals surface area contributed by atoms with E-state index in [1.165, 1.54) is 55.6 Å². The molecule has 68 heavy (non-hydrogen) atoms. The van der Waals surface area contributed by atoms with Crippen molar-refractivity contribution in [2.45, 2.75) is 5.41 Å². The molecule has 0 N–H and O–H groups in total. The fourth-order valence-electron chi connectivity index (χ4n) is 11.3. The normalized spacial score (nSPS) is 12.8. The van der Waals surface area contributed by atoms with Gasteiger partial charge in [-0.25, -0.2) is 15.0 Å². The molecule has 2 aliphatic carbocycles. The fourth-order valence-corrected chi connectivity index (χ4v) is 11.3. The number of furan rings is 1. The van der Waals surface area contributed by atoms with E-state index in [0.29, 0.717) is 17.5 Å². The molecule has 10 aromatic carbocycles. The zero-order valence-corrected chi connectivity index (χ0v) is 36.8. The molecule has 1 spiro atoms. The highest BCUT2D eigenvalue weighted by Crippen LogP contribution is 2.61. The summed E-state index contributed by atoms with van der Waals surface area (Å²) in [7, 11) is 0. The lowest BCUT2D eigenvalue weighted by Gasteiger charge is -2.35. The van der Waals surface area contributed by atoms with Crippen molar-refractivity contribution < 1.29 is 4.42 Å². The summed E-state index contributed by atoms with van der Waals surface area (Å²) in [6, 6.07) is 84.8. The van der Waals surface area contributed by atoms with Crippen LogP contribution in [0.25, 0.3) is 112 Å². The van der Waals surface area contributed by atoms with Crippen LogP contribution in [0, 0.1) is 0 Å². The topological polar surface area (TPSA) is 51.8 Å². The second-order valence-corrected chi connectivity index (χ2v) is 17.8. The average Bonchev–Trinajstić information content (AvgIpc) is 3.92. The number of para-hydroxylation sites is 1. The van der Waals surface area contributed by atoms with Crippen molar-refractivity contribution in [3.8, 4) is 89.8 Å². The lowest BCUT2D eigenvalue weighted by molar-refractivity contribution is 0.669. The summed E-state index contributed by atoms with van der Waals surface area (Å²) in [4.78, 5) is 16.4. The molecule has 0 saturated heterocycles. The van der Waals surface area contributed by atoms with E-state index in [1.54, 1.807) is 0 Å². The molecule has 0 bridgehead atoms. The Bertz CT molecular complexity index is 3880. The summed E-state index contributed by atoms with van der Waals surface area (Å²) in [6.45, 7) is 0. The molecule has 14 rings (SSSR count). The number of fused-ring (bicyclic) bond motifs is 15. The van der Waals surface area contributed by atoms with E-state index in [2.05, 4.69) is 212 Å². The van der Waals surface area contributed by atoms with Crippen molar-refractivity contribution in [3.63, 3.8) is 0 Å². The molecule has 316 valence electrons. The molecule has 0 atom stereocenters. The fraction of sp³-hybridized carbons (Fsp3) is 0.0156. The van der Waals surface area contributed by atoms with E-state index < -0.39 is 5.41 Å². The molecule has 0 unspecified atom stereocenters. The Hall–Kier alpha value is -8.99. The predicted molar refractivity (Wildman–Crippen MR) is 276 cm³/mol. The van der Waals surface area contributed by atoms with Crippen LogP contribution in [0.5, 0.6) is 0 Å². The zero-order valence-electron chi connectivity index (χ0n) is 36.8. The Labute approximate surface area is 393 Å². The van der Waals surface area contributed by atoms with Gasteiger partial charge in [0.1, 0.15) is 11.2 Å². The van der Waals surface area contributed by atoms with Gasteiger partial charge in [-0.2, -0.15) is 0 Å². The van der Waals surface area contributed by atoms with Crippen LogP contribution in [0.3, 0.4) is 0 Å². The predicted octanol–water partition coefficient (Wildman–Crippen LogP) is 16.1. The minimum absolute atomic E-state index is 0.574. The molecule has 0 amide bonds. The second-order valence-electron chi connectivity index (χ2n) is 17.8. The molecule has 0 radical (unpaired) electrons. The van der Waals surface area contributed by atoms with Crippen LogP contribution in [0.4, 0.5) is 0 Å². The van der Waals surface area contributed by atoms with Crippen LogP contribution >= 0.6 is 0 Å². The van der Waals surface area contributed by atoms with Crippen LogP contribution in [0.15, 0.2) is 241 Å². The largest absolute Gasteiger partial charge is 0.456 e. The van der Waals surface area contributed by atoms with Crippen molar-refractivity contribution in [1.29, 1.82) is 0 Å². The second kappa shape index (κ2) is 15.0. The summed E-state index contributed by atoms with van der Waals surface area (Å²) in [5, 5.41) is 1.99. The molecule has 2 aromatic heterocycles. The van der Waals surface area contributed by atoms with E-state index in [-0.39, 0.29) is 0 Å². The quantitative estimate of drug-likeness (QED) is 0.173. The molecule has 12 aromatic rings. The van der Waals surface area contributed by atoms with Gasteiger partial charge in [-0.1, -0.05) is 200 Å². The Morgan fingerprint density at radius 2 is 0.706 bits per heavy atom. The van der Waals surface area contributed by atoms with E-state index in [4.69, 9.17) is 19.4 Å². The Kier molecular flexibility index (Phi) is 8.46. The van der Waals surface area contributed by atoms with E-state index in [0.717, 1.165) is 60.9 Å². The van der Waals surface area contributed by atoms with Crippen LogP contribution in [-0.2, 0) is 5.41 Å². The minimum Gasteiger partial charge on any atom is -0.456 e. The van der Waals surface area contributed by atoms with Crippen LogP contribution in [0.1, 0.15) is 22.3 Å². The van der Waals surface area contributed by atoms with E-state index in [1.807, 2.05) is 24.3 Å². The molecular formula is C64H39N3O. The Balaban J connectivity index is 1.08. The third kappa shape index (κ3) is 5.71. The van der Waals surface area contributed by atoms with Gasteiger partial charge in [-0.15, -0.1) is 0 Å². The molecule has 2 aliphatic rings. The third-order valence-electron chi connectivity index (χ3n) is 14.2. The summed E-state index contributed by atoms with van der Waals surface area (Å²) in [5.74, 6) is 1.75. The Morgan fingerprint density at radius 1 is 0.265 bits per heavy atom. The summed E-state index contributed by atoms with van der Waals surface area (Å²) in [6.07, 6.45) is 0. The van der Waals surface area contributed by atoms with Crippen molar-refractivity contribution in [3.05, 3.63) is 259 Å². The highest BCUT2D eigenvalue weighted by Gasteiger charge is 2.49. The molecular weight excluding hydrogens is 827 g/mol. The number of rotatable bonds is 5. The third-order valence-corrected chi connectivity index (χ3v) is 14.2. The maximum absolute atomic E-state index is 6.44. The molecule has 4 nitrogen and oxygen atoms in total. The number of hydrogen-bond donors (Lipinski definition) is 0. The first-order valence-corrected chi connectivity index (χ1v) is 23.2. The lowest BCUT2D eigenvalue weighted by Crippen LogP contribution is -2.29. The minimum atomic E-state index is -0.650. The van der Waals surface area contributed by atoms with Gasteiger partial charge < -0.3 is 4.42 Å². The van der Waals surface area contributed by atoms with Gasteiger partial charge in [0.15, 0.2) is 17.5 Å². The first-order chi connectivity index (χ1) is 33.7. The maximum Gasteiger partial charge on any atom is 0.164 e. The number of hydrogen-bond acceptors (Lipinski definition) is 4. The molecule has 4 heteroatoms. The summed E-state index contributed by atoms with van der Waals surface area (Å²) >= 11 is 0. The van der Waals surface area contributed by atoms with Crippen molar-refractivity contribution in [1.82, 2.24) is 15.0 Å². The highest BCUT2D eigenvalue weighted by atomic mass is 16.3. The van der Waals surface area contributed by atoms with Gasteiger partial charge in [-0.05, 0) is 114 Å². The van der Waals surface area contributed by atoms with Crippen molar-refractivity contribution in [2.75, 3.05) is 0 Å². The number of benzene rings is 10. The number of nitrogens with zero attached hydrogens (tertiary/aromatic N) is 3. The van der Waals surface area contributed by atoms with Gasteiger partial charge >= 0.3 is 0 Å². The lowest BCUT2D eigenvalue weighted by atomic mass is 9.65. The monoisotopic (exact) mass is 865 g/mol. The van der Waals surface area contributed by atoms with E-state index in [9.17, 15) is 0 Å². The molecule has 0 aliphatic heterocycles. The number of aromatic nitrogens is 3. The van der Waals surface area contributed by atoms with Gasteiger partial charge in [0.2, 0.25) is 0 Å². The SMILES string of the molecule is c1ccc(-c2cc(-c3ccccc3)cc(-c3nc(-c4ccc5c(c4)C4(c6ccccc6-c6ccccc6-5)c5ccccc5-c5ccccc54)nc(-c4cccc5oc6ccccc6c45)n3)c2)cc1.